The number of nitrogens with one attached hydrogen (secondary N) is 1. The van der Waals surface area contributed by atoms with Crippen LogP contribution in [0.5, 0.6) is 0 Å². The number of ether oxygens (including phenoxy) is 1. The average Bonchev–Trinajstić information content (AvgIpc) is 2.27. The summed E-state index contributed by atoms with van der Waals surface area (Å²) in [5, 5.41) is 11.3. The van der Waals surface area contributed by atoms with Gasteiger partial charge in [-0.25, -0.2) is 4.79 Å². The molecular weight excluding hydrogens is 194 g/mol. The Morgan fingerprint density at radius 1 is 1.47 bits per heavy atom. The van der Waals surface area contributed by atoms with Gasteiger partial charge in [0, 0.05) is 6.04 Å². The molecule has 1 atom stereocenters. The van der Waals surface area contributed by atoms with Gasteiger partial charge in [0.15, 0.2) is 0 Å². The molecule has 0 aromatic rings. The topological polar surface area (TPSA) is 58.6 Å². The maximum Gasteiger partial charge on any atom is 0.407 e. The summed E-state index contributed by atoms with van der Waals surface area (Å²) in [5.41, 5.74) is 0. The van der Waals surface area contributed by atoms with Gasteiger partial charge in [-0.05, 0) is 25.7 Å². The molecule has 88 valence electrons. The third-order valence-corrected chi connectivity index (χ3v) is 3.03. The molecule has 0 radical (unpaired) electrons. The Morgan fingerprint density at radius 2 is 2.13 bits per heavy atom. The van der Waals surface area contributed by atoms with Crippen molar-refractivity contribution in [3.8, 4) is 0 Å². The van der Waals surface area contributed by atoms with E-state index in [4.69, 9.17) is 9.84 Å². The van der Waals surface area contributed by atoms with Crippen LogP contribution in [-0.4, -0.2) is 30.5 Å². The summed E-state index contributed by atoms with van der Waals surface area (Å²) in [6.45, 7) is 1.98. The summed E-state index contributed by atoms with van der Waals surface area (Å²) in [5.74, 6) is 0.584. The summed E-state index contributed by atoms with van der Waals surface area (Å²) in [6, 6.07) is 0.177. The number of rotatable bonds is 4. The highest BCUT2D eigenvalue weighted by Crippen LogP contribution is 2.26. The van der Waals surface area contributed by atoms with Crippen LogP contribution in [0.1, 0.15) is 39.0 Å². The van der Waals surface area contributed by atoms with Gasteiger partial charge in [-0.2, -0.15) is 0 Å². The minimum Gasteiger partial charge on any atom is -0.447 e. The molecule has 4 heteroatoms. The Labute approximate surface area is 91.0 Å². The molecule has 0 spiro atoms. The quantitative estimate of drug-likeness (QED) is 0.750. The number of hydrogen-bond donors (Lipinski definition) is 2. The maximum atomic E-state index is 11.2. The standard InChI is InChI=1S/C11H21NO3/c1-9(10-5-3-2-4-6-10)12-11(14)15-8-7-13/h9-10,13H,2-8H2,1H3,(H,12,14)/t9-/m1/s1. The fraction of sp³-hybridized carbons (Fsp3) is 0.909. The van der Waals surface area contributed by atoms with Gasteiger partial charge in [0.2, 0.25) is 0 Å². The fourth-order valence-corrected chi connectivity index (χ4v) is 2.12. The highest BCUT2D eigenvalue weighted by molar-refractivity contribution is 5.67. The van der Waals surface area contributed by atoms with E-state index in [0.717, 1.165) is 0 Å². The zero-order valence-corrected chi connectivity index (χ0v) is 9.37. The van der Waals surface area contributed by atoms with Crippen molar-refractivity contribution in [2.45, 2.75) is 45.1 Å². The second kappa shape index (κ2) is 6.67. The number of amides is 1. The molecule has 1 amide bonds. The second-order valence-electron chi connectivity index (χ2n) is 4.19. The third-order valence-electron chi connectivity index (χ3n) is 3.03. The van der Waals surface area contributed by atoms with Crippen molar-refractivity contribution in [1.82, 2.24) is 5.32 Å². The first-order chi connectivity index (χ1) is 7.24. The van der Waals surface area contributed by atoms with Gasteiger partial charge in [0.1, 0.15) is 6.61 Å². The van der Waals surface area contributed by atoms with Gasteiger partial charge in [0.05, 0.1) is 6.61 Å². The molecule has 0 aliphatic heterocycles. The van der Waals surface area contributed by atoms with Crippen LogP contribution < -0.4 is 5.32 Å². The lowest BCUT2D eigenvalue weighted by molar-refractivity contribution is 0.112. The molecule has 0 aromatic carbocycles. The molecular formula is C11H21NO3. The normalized spacial score (nSPS) is 19.6. The Bertz CT molecular complexity index is 190. The van der Waals surface area contributed by atoms with Crippen molar-refractivity contribution in [1.29, 1.82) is 0 Å². The van der Waals surface area contributed by atoms with Crippen LogP contribution in [0, 0.1) is 5.92 Å². The lowest BCUT2D eigenvalue weighted by Crippen LogP contribution is -2.39. The zero-order valence-electron chi connectivity index (χ0n) is 9.37. The lowest BCUT2D eigenvalue weighted by Gasteiger charge is -2.27. The minimum absolute atomic E-state index is 0.0726. The predicted molar refractivity (Wildman–Crippen MR) is 57.6 cm³/mol. The van der Waals surface area contributed by atoms with E-state index < -0.39 is 6.09 Å². The van der Waals surface area contributed by atoms with E-state index in [-0.39, 0.29) is 19.3 Å². The predicted octanol–water partition coefficient (Wildman–Crippen LogP) is 1.67. The Hall–Kier alpha value is -0.770. The van der Waals surface area contributed by atoms with E-state index in [9.17, 15) is 4.79 Å². The number of alkyl carbamates (subject to hydrolysis) is 1. The Morgan fingerprint density at radius 3 is 2.73 bits per heavy atom. The molecule has 1 saturated carbocycles. The maximum absolute atomic E-state index is 11.2. The minimum atomic E-state index is -0.415. The van der Waals surface area contributed by atoms with Crippen molar-refractivity contribution in [2.24, 2.45) is 5.92 Å². The second-order valence-corrected chi connectivity index (χ2v) is 4.19. The zero-order chi connectivity index (χ0) is 11.1. The molecule has 0 saturated heterocycles. The van der Waals surface area contributed by atoms with Crippen molar-refractivity contribution < 1.29 is 14.6 Å². The van der Waals surface area contributed by atoms with Crippen molar-refractivity contribution in [2.75, 3.05) is 13.2 Å². The van der Waals surface area contributed by atoms with Gasteiger partial charge in [-0.3, -0.25) is 0 Å². The van der Waals surface area contributed by atoms with E-state index in [0.29, 0.717) is 5.92 Å². The number of hydrogen-bond acceptors (Lipinski definition) is 3. The molecule has 1 aliphatic rings. The molecule has 1 aliphatic carbocycles. The van der Waals surface area contributed by atoms with Crippen LogP contribution in [0.3, 0.4) is 0 Å². The highest BCUT2D eigenvalue weighted by atomic mass is 16.6. The van der Waals surface area contributed by atoms with E-state index >= 15 is 0 Å². The molecule has 0 unspecified atom stereocenters. The summed E-state index contributed by atoms with van der Waals surface area (Å²) in [6.07, 6.45) is 5.83. The molecule has 1 fully saturated rings. The van der Waals surface area contributed by atoms with Gasteiger partial charge in [0.25, 0.3) is 0 Å². The Kier molecular flexibility index (Phi) is 5.47. The van der Waals surface area contributed by atoms with Crippen LogP contribution in [-0.2, 0) is 4.74 Å². The summed E-state index contributed by atoms with van der Waals surface area (Å²) >= 11 is 0. The van der Waals surface area contributed by atoms with E-state index in [2.05, 4.69) is 5.32 Å². The monoisotopic (exact) mass is 215 g/mol. The smallest absolute Gasteiger partial charge is 0.407 e. The molecule has 4 nitrogen and oxygen atoms in total. The van der Waals surface area contributed by atoms with Gasteiger partial charge < -0.3 is 15.2 Å². The first-order valence-corrected chi connectivity index (χ1v) is 5.78. The van der Waals surface area contributed by atoms with Gasteiger partial charge in [-0.1, -0.05) is 19.3 Å². The van der Waals surface area contributed by atoms with Crippen LogP contribution in [0.2, 0.25) is 0 Å². The van der Waals surface area contributed by atoms with E-state index in [1.807, 2.05) is 6.92 Å². The number of aliphatic hydroxyl groups excluding tert-OH is 1. The molecule has 0 bridgehead atoms. The van der Waals surface area contributed by atoms with Crippen LogP contribution in [0.15, 0.2) is 0 Å². The van der Waals surface area contributed by atoms with E-state index in [1.165, 1.54) is 32.1 Å². The summed E-state index contributed by atoms with van der Waals surface area (Å²) in [4.78, 5) is 11.2. The first-order valence-electron chi connectivity index (χ1n) is 5.78. The molecule has 0 aromatic heterocycles. The average molecular weight is 215 g/mol. The largest absolute Gasteiger partial charge is 0.447 e. The SMILES string of the molecule is C[C@@H](NC(=O)OCCO)C1CCCCC1. The molecule has 0 heterocycles. The third kappa shape index (κ3) is 4.51. The Balaban J connectivity index is 2.21. The molecule has 15 heavy (non-hydrogen) atoms. The van der Waals surface area contributed by atoms with E-state index in [1.54, 1.807) is 0 Å². The van der Waals surface area contributed by atoms with Crippen LogP contribution >= 0.6 is 0 Å². The molecule has 1 rings (SSSR count). The number of aliphatic hydroxyl groups is 1. The van der Waals surface area contributed by atoms with Crippen LogP contribution in [0.4, 0.5) is 4.79 Å². The summed E-state index contributed by atoms with van der Waals surface area (Å²) in [7, 11) is 0. The lowest BCUT2D eigenvalue weighted by atomic mass is 9.85. The van der Waals surface area contributed by atoms with Crippen LogP contribution in [0.25, 0.3) is 0 Å². The number of carbonyl (C=O) groups is 1. The van der Waals surface area contributed by atoms with Gasteiger partial charge in [-0.15, -0.1) is 0 Å². The highest BCUT2D eigenvalue weighted by Gasteiger charge is 2.21. The summed E-state index contributed by atoms with van der Waals surface area (Å²) < 4.78 is 4.75. The molecule has 2 N–H and O–H groups in total. The van der Waals surface area contributed by atoms with Crippen molar-refractivity contribution >= 4 is 6.09 Å². The fourth-order valence-electron chi connectivity index (χ4n) is 2.12. The van der Waals surface area contributed by atoms with Crippen molar-refractivity contribution in [3.63, 3.8) is 0 Å². The first kappa shape index (κ1) is 12.3. The van der Waals surface area contributed by atoms with Gasteiger partial charge >= 0.3 is 6.09 Å². The number of carbonyl (C=O) groups excluding carboxylic acids is 1. The van der Waals surface area contributed by atoms with Crippen molar-refractivity contribution in [3.05, 3.63) is 0 Å².